The summed E-state index contributed by atoms with van der Waals surface area (Å²) in [6.45, 7) is 6.17. The maximum atomic E-state index is 13.6. The maximum Gasteiger partial charge on any atom is 0.276 e. The van der Waals surface area contributed by atoms with E-state index >= 15 is 0 Å². The Morgan fingerprint density at radius 3 is 2.05 bits per heavy atom. The molecular weight excluding hydrogens is 482 g/mol. The third-order valence-corrected chi connectivity index (χ3v) is 6.22. The summed E-state index contributed by atoms with van der Waals surface area (Å²) in [5.74, 6) is -1.23. The minimum Gasteiger partial charge on any atom is -0.371 e. The summed E-state index contributed by atoms with van der Waals surface area (Å²) in [5.41, 5.74) is 1.50. The molecule has 0 aliphatic carbocycles. The predicted molar refractivity (Wildman–Crippen MR) is 148 cm³/mol. The zero-order valence-electron chi connectivity index (χ0n) is 23.4. The molecule has 2 aromatic rings. The minimum absolute atomic E-state index is 0.0851. The average molecular weight is 526 g/mol. The molecule has 0 saturated heterocycles. The molecule has 8 heteroatoms. The molecule has 0 aliphatic rings. The van der Waals surface area contributed by atoms with Gasteiger partial charge >= 0.3 is 0 Å². The van der Waals surface area contributed by atoms with Gasteiger partial charge in [-0.1, -0.05) is 87.9 Å². The molecule has 0 radical (unpaired) electrons. The van der Waals surface area contributed by atoms with Crippen molar-refractivity contribution in [3.05, 3.63) is 71.8 Å². The fraction of sp³-hybridized carbons (Fsp3) is 0.500. The van der Waals surface area contributed by atoms with E-state index in [1.165, 1.54) is 19.7 Å². The lowest BCUT2D eigenvalue weighted by Crippen LogP contribution is -2.57. The summed E-state index contributed by atoms with van der Waals surface area (Å²) in [5, 5.41) is 6.59. The molecule has 2 atom stereocenters. The van der Waals surface area contributed by atoms with Crippen LogP contribution >= 0.6 is 0 Å². The first-order chi connectivity index (χ1) is 18.2. The van der Waals surface area contributed by atoms with Crippen LogP contribution in [0, 0.1) is 5.41 Å². The zero-order chi connectivity index (χ0) is 28.0. The number of methoxy groups -OCH3 is 1. The van der Waals surface area contributed by atoms with Gasteiger partial charge in [0.1, 0.15) is 18.8 Å². The number of carbonyl (C=O) groups excluding carboxylic acids is 3. The number of benzene rings is 2. The van der Waals surface area contributed by atoms with Crippen LogP contribution in [0.5, 0.6) is 0 Å². The van der Waals surface area contributed by atoms with Crippen LogP contribution in [-0.2, 0) is 37.0 Å². The number of unbranched alkanes of at least 4 members (excludes halogenated alkanes) is 2. The number of likely N-dealkylation sites (N-methyl/N-ethyl adjacent to an activating group) is 1. The molecule has 2 aromatic carbocycles. The van der Waals surface area contributed by atoms with Crippen molar-refractivity contribution in [1.29, 1.82) is 0 Å². The van der Waals surface area contributed by atoms with Crippen LogP contribution < -0.4 is 10.6 Å². The molecule has 0 bridgehead atoms. The number of nitrogens with one attached hydrogen (secondary N) is 2. The third kappa shape index (κ3) is 10.3. The summed E-state index contributed by atoms with van der Waals surface area (Å²) in [6.07, 6.45) is 2.61. The van der Waals surface area contributed by atoms with Crippen LogP contribution in [-0.4, -0.2) is 55.6 Å². The molecule has 0 aromatic heterocycles. The SMILES string of the molecule is CNC(=O)C(N(OCc1ccccc1)C(=O)[C@H](CC(=O)NCCCCCc1ccccc1)OC)C(C)(C)C. The molecule has 2 rings (SSSR count). The highest BCUT2D eigenvalue weighted by Crippen LogP contribution is 2.27. The first-order valence-electron chi connectivity index (χ1n) is 13.2. The Morgan fingerprint density at radius 2 is 1.50 bits per heavy atom. The summed E-state index contributed by atoms with van der Waals surface area (Å²) < 4.78 is 5.42. The molecule has 1 unspecified atom stereocenters. The fourth-order valence-electron chi connectivity index (χ4n) is 4.13. The Labute approximate surface area is 227 Å². The number of hydrogen-bond donors (Lipinski definition) is 2. The fourth-order valence-corrected chi connectivity index (χ4v) is 4.13. The van der Waals surface area contributed by atoms with E-state index in [-0.39, 0.29) is 24.8 Å². The van der Waals surface area contributed by atoms with Gasteiger partial charge in [0.25, 0.3) is 5.91 Å². The number of aryl methyl sites for hydroxylation is 1. The van der Waals surface area contributed by atoms with E-state index in [2.05, 4.69) is 22.8 Å². The minimum atomic E-state index is -1.10. The van der Waals surface area contributed by atoms with Crippen LogP contribution in [0.25, 0.3) is 0 Å². The van der Waals surface area contributed by atoms with Crippen molar-refractivity contribution in [2.75, 3.05) is 20.7 Å². The lowest BCUT2D eigenvalue weighted by molar-refractivity contribution is -0.225. The van der Waals surface area contributed by atoms with E-state index in [0.29, 0.717) is 6.54 Å². The van der Waals surface area contributed by atoms with Crippen molar-refractivity contribution >= 4 is 17.7 Å². The van der Waals surface area contributed by atoms with Crippen molar-refractivity contribution in [1.82, 2.24) is 15.7 Å². The number of ether oxygens (including phenoxy) is 1. The standard InChI is InChI=1S/C30H43N3O5/c1-30(2,3)27(28(35)31-4)33(38-22-24-18-11-7-12-19-24)29(36)25(37-5)21-26(34)32-20-14-8-13-17-23-15-9-6-10-16-23/h6-7,9-12,15-16,18-19,25,27H,8,13-14,17,20-22H2,1-5H3,(H,31,35)(H,32,34)/t25-,27?/m0/s1. The zero-order valence-corrected chi connectivity index (χ0v) is 23.4. The second kappa shape index (κ2) is 15.9. The van der Waals surface area contributed by atoms with Gasteiger partial charge in [0.2, 0.25) is 11.8 Å². The van der Waals surface area contributed by atoms with Crippen molar-refractivity contribution in [2.24, 2.45) is 5.41 Å². The van der Waals surface area contributed by atoms with E-state index in [1.807, 2.05) is 69.3 Å². The molecule has 0 aliphatic heterocycles. The highest BCUT2D eigenvalue weighted by atomic mass is 16.7. The second-order valence-corrected chi connectivity index (χ2v) is 10.4. The van der Waals surface area contributed by atoms with Gasteiger partial charge in [-0.25, -0.2) is 5.06 Å². The Bertz CT molecular complexity index is 992. The highest BCUT2D eigenvalue weighted by Gasteiger charge is 2.42. The van der Waals surface area contributed by atoms with Crippen molar-refractivity contribution < 1.29 is 24.0 Å². The first kappa shape index (κ1) is 31.0. The molecule has 0 fully saturated rings. The van der Waals surface area contributed by atoms with Crippen LogP contribution in [0.15, 0.2) is 60.7 Å². The Kier molecular flexibility index (Phi) is 13.0. The predicted octanol–water partition coefficient (Wildman–Crippen LogP) is 4.04. The molecule has 38 heavy (non-hydrogen) atoms. The topological polar surface area (TPSA) is 97.0 Å². The molecule has 3 amide bonds. The maximum absolute atomic E-state index is 13.6. The van der Waals surface area contributed by atoms with Gasteiger partial charge in [-0.15, -0.1) is 0 Å². The summed E-state index contributed by atoms with van der Waals surface area (Å²) >= 11 is 0. The van der Waals surface area contributed by atoms with E-state index in [0.717, 1.165) is 36.3 Å². The van der Waals surface area contributed by atoms with Crippen LogP contribution in [0.3, 0.4) is 0 Å². The van der Waals surface area contributed by atoms with Gasteiger partial charge in [0.15, 0.2) is 0 Å². The number of nitrogens with zero attached hydrogens (tertiary/aromatic N) is 1. The van der Waals surface area contributed by atoms with Gasteiger partial charge in [-0.2, -0.15) is 0 Å². The monoisotopic (exact) mass is 525 g/mol. The van der Waals surface area contributed by atoms with E-state index < -0.39 is 23.5 Å². The van der Waals surface area contributed by atoms with Crippen molar-refractivity contribution in [3.63, 3.8) is 0 Å². The van der Waals surface area contributed by atoms with Gasteiger partial charge in [0, 0.05) is 20.7 Å². The second-order valence-electron chi connectivity index (χ2n) is 10.4. The lowest BCUT2D eigenvalue weighted by atomic mass is 9.85. The largest absolute Gasteiger partial charge is 0.371 e. The van der Waals surface area contributed by atoms with Crippen LogP contribution in [0.2, 0.25) is 0 Å². The number of carbonyl (C=O) groups is 3. The van der Waals surface area contributed by atoms with Crippen molar-refractivity contribution in [2.45, 2.75) is 71.6 Å². The highest BCUT2D eigenvalue weighted by molar-refractivity contribution is 5.91. The molecule has 0 spiro atoms. The summed E-state index contributed by atoms with van der Waals surface area (Å²) in [6, 6.07) is 18.7. The molecule has 2 N–H and O–H groups in total. The first-order valence-corrected chi connectivity index (χ1v) is 13.2. The van der Waals surface area contributed by atoms with Gasteiger partial charge < -0.3 is 15.4 Å². The Hall–Kier alpha value is -3.23. The van der Waals surface area contributed by atoms with E-state index in [9.17, 15) is 14.4 Å². The van der Waals surface area contributed by atoms with E-state index in [4.69, 9.17) is 9.57 Å². The molecule has 8 nitrogen and oxygen atoms in total. The summed E-state index contributed by atoms with van der Waals surface area (Å²) in [4.78, 5) is 45.1. The number of hydroxylamine groups is 2. The molecule has 0 saturated carbocycles. The van der Waals surface area contributed by atoms with Crippen LogP contribution in [0.1, 0.15) is 57.6 Å². The molecule has 208 valence electrons. The Morgan fingerprint density at radius 1 is 0.895 bits per heavy atom. The number of hydrogen-bond acceptors (Lipinski definition) is 5. The van der Waals surface area contributed by atoms with Gasteiger partial charge in [-0.3, -0.25) is 19.2 Å². The van der Waals surface area contributed by atoms with E-state index in [1.54, 1.807) is 0 Å². The quantitative estimate of drug-likeness (QED) is 0.270. The smallest absolute Gasteiger partial charge is 0.276 e. The van der Waals surface area contributed by atoms with Crippen LogP contribution in [0.4, 0.5) is 0 Å². The molecular formula is C30H43N3O5. The normalized spacial score (nSPS) is 12.9. The molecule has 0 heterocycles. The lowest BCUT2D eigenvalue weighted by Gasteiger charge is -2.38. The third-order valence-electron chi connectivity index (χ3n) is 6.22. The average Bonchev–Trinajstić information content (AvgIpc) is 2.91. The van der Waals surface area contributed by atoms with Gasteiger partial charge in [0.05, 0.1) is 6.42 Å². The number of rotatable bonds is 15. The number of amides is 3. The Balaban J connectivity index is 1.98. The van der Waals surface area contributed by atoms with Crippen molar-refractivity contribution in [3.8, 4) is 0 Å². The summed E-state index contributed by atoms with van der Waals surface area (Å²) in [7, 11) is 2.89. The van der Waals surface area contributed by atoms with Gasteiger partial charge in [-0.05, 0) is 35.8 Å².